The Kier molecular flexibility index (Phi) is 4.59. The molecule has 1 heterocycles. The average molecular weight is 282 g/mol. The molecule has 1 aromatic carbocycles. The number of aromatic nitrogens is 1. The summed E-state index contributed by atoms with van der Waals surface area (Å²) in [6, 6.07) is 9.30. The van der Waals surface area contributed by atoms with Gasteiger partial charge in [-0.3, -0.25) is 4.98 Å². The maximum Gasteiger partial charge on any atom is 0.0622 e. The molecule has 1 unspecified atom stereocenters. The average Bonchev–Trinajstić information content (AvgIpc) is 2.35. The second-order valence-electron chi connectivity index (χ2n) is 4.16. The Hall–Kier alpha value is -1.09. The van der Waals surface area contributed by atoms with E-state index < -0.39 is 6.10 Å². The minimum Gasteiger partial charge on any atom is -0.392 e. The zero-order chi connectivity index (χ0) is 13.0. The fraction of sp³-hybridized carbons (Fsp3) is 0.214. The standard InChI is InChI=1S/C14H13Cl2NO/c15-12-3-1-10(2-4-12)7-13(18)8-11-5-6-17-9-14(11)16/h1-6,9,13,18H,7-8H2. The second kappa shape index (κ2) is 6.19. The normalized spacial score (nSPS) is 12.4. The molecule has 0 spiro atoms. The van der Waals surface area contributed by atoms with E-state index in [1.54, 1.807) is 12.4 Å². The molecule has 0 saturated heterocycles. The van der Waals surface area contributed by atoms with Gasteiger partial charge in [-0.2, -0.15) is 0 Å². The van der Waals surface area contributed by atoms with Crippen LogP contribution >= 0.6 is 23.2 Å². The van der Waals surface area contributed by atoms with Crippen LogP contribution in [0.5, 0.6) is 0 Å². The van der Waals surface area contributed by atoms with E-state index in [0.29, 0.717) is 22.9 Å². The fourth-order valence-corrected chi connectivity index (χ4v) is 2.11. The summed E-state index contributed by atoms with van der Waals surface area (Å²) in [5, 5.41) is 11.3. The van der Waals surface area contributed by atoms with Crippen molar-refractivity contribution in [1.29, 1.82) is 0 Å². The van der Waals surface area contributed by atoms with Crippen LogP contribution in [-0.4, -0.2) is 16.2 Å². The number of hydrogen-bond donors (Lipinski definition) is 1. The van der Waals surface area contributed by atoms with Gasteiger partial charge in [-0.15, -0.1) is 0 Å². The number of nitrogens with zero attached hydrogens (tertiary/aromatic N) is 1. The number of pyridine rings is 1. The lowest BCUT2D eigenvalue weighted by Gasteiger charge is -2.11. The number of halogens is 2. The molecule has 1 N–H and O–H groups in total. The number of benzene rings is 1. The molecule has 18 heavy (non-hydrogen) atoms. The molecule has 2 rings (SSSR count). The summed E-state index contributed by atoms with van der Waals surface area (Å²) in [6.45, 7) is 0. The van der Waals surface area contributed by atoms with Crippen LogP contribution in [0.3, 0.4) is 0 Å². The minimum absolute atomic E-state index is 0.467. The first kappa shape index (κ1) is 13.3. The Bertz CT molecular complexity index is 513. The first-order valence-corrected chi connectivity index (χ1v) is 6.41. The molecule has 0 radical (unpaired) electrons. The molecule has 0 fully saturated rings. The SMILES string of the molecule is OC(Cc1ccc(Cl)cc1)Cc1ccncc1Cl. The first-order chi connectivity index (χ1) is 8.65. The van der Waals surface area contributed by atoms with E-state index in [4.69, 9.17) is 23.2 Å². The van der Waals surface area contributed by atoms with Gasteiger partial charge >= 0.3 is 0 Å². The van der Waals surface area contributed by atoms with Gasteiger partial charge in [-0.05, 0) is 35.7 Å². The highest BCUT2D eigenvalue weighted by molar-refractivity contribution is 6.31. The minimum atomic E-state index is -0.467. The van der Waals surface area contributed by atoms with Crippen molar-refractivity contribution in [1.82, 2.24) is 4.98 Å². The molecular weight excluding hydrogens is 269 g/mol. The lowest BCUT2D eigenvalue weighted by molar-refractivity contribution is 0.175. The molecule has 94 valence electrons. The van der Waals surface area contributed by atoms with Gasteiger partial charge in [0.25, 0.3) is 0 Å². The summed E-state index contributed by atoms with van der Waals surface area (Å²) in [5.41, 5.74) is 1.96. The van der Waals surface area contributed by atoms with Gasteiger partial charge in [0.15, 0.2) is 0 Å². The van der Waals surface area contributed by atoms with E-state index >= 15 is 0 Å². The van der Waals surface area contributed by atoms with Crippen LogP contribution in [0.15, 0.2) is 42.7 Å². The number of aliphatic hydroxyl groups excluding tert-OH is 1. The van der Waals surface area contributed by atoms with E-state index in [9.17, 15) is 5.11 Å². The van der Waals surface area contributed by atoms with Crippen LogP contribution in [-0.2, 0) is 12.8 Å². The monoisotopic (exact) mass is 281 g/mol. The maximum absolute atomic E-state index is 10.0. The highest BCUT2D eigenvalue weighted by atomic mass is 35.5. The van der Waals surface area contributed by atoms with Crippen LogP contribution in [0.1, 0.15) is 11.1 Å². The number of aliphatic hydroxyl groups is 1. The Labute approximate surface area is 116 Å². The third-order valence-electron chi connectivity index (χ3n) is 2.70. The molecule has 4 heteroatoms. The Balaban J connectivity index is 1.99. The Morgan fingerprint density at radius 1 is 1.06 bits per heavy atom. The summed E-state index contributed by atoms with van der Waals surface area (Å²) >= 11 is 11.8. The summed E-state index contributed by atoms with van der Waals surface area (Å²) < 4.78 is 0. The fourth-order valence-electron chi connectivity index (χ4n) is 1.79. The van der Waals surface area contributed by atoms with Crippen molar-refractivity contribution in [2.45, 2.75) is 18.9 Å². The van der Waals surface area contributed by atoms with E-state index in [0.717, 1.165) is 11.1 Å². The maximum atomic E-state index is 10.0. The molecule has 0 aliphatic rings. The molecule has 0 amide bonds. The van der Waals surface area contributed by atoms with E-state index in [1.807, 2.05) is 30.3 Å². The van der Waals surface area contributed by atoms with Crippen LogP contribution in [0.4, 0.5) is 0 Å². The summed E-state index contributed by atoms with van der Waals surface area (Å²) in [7, 11) is 0. The van der Waals surface area contributed by atoms with Gasteiger partial charge in [-0.1, -0.05) is 35.3 Å². The predicted molar refractivity (Wildman–Crippen MR) is 74.1 cm³/mol. The zero-order valence-corrected chi connectivity index (χ0v) is 11.2. The molecule has 1 aromatic heterocycles. The van der Waals surface area contributed by atoms with E-state index in [-0.39, 0.29) is 0 Å². The predicted octanol–water partition coefficient (Wildman–Crippen LogP) is 3.53. The number of rotatable bonds is 4. The van der Waals surface area contributed by atoms with E-state index in [1.165, 1.54) is 0 Å². The Morgan fingerprint density at radius 2 is 1.78 bits per heavy atom. The molecule has 0 bridgehead atoms. The van der Waals surface area contributed by atoms with Crippen LogP contribution < -0.4 is 0 Å². The highest BCUT2D eigenvalue weighted by Crippen LogP contribution is 2.17. The van der Waals surface area contributed by atoms with Gasteiger partial charge in [-0.25, -0.2) is 0 Å². The third kappa shape index (κ3) is 3.70. The molecule has 0 aliphatic carbocycles. The summed E-state index contributed by atoms with van der Waals surface area (Å²) in [4.78, 5) is 3.92. The van der Waals surface area contributed by atoms with Crippen molar-refractivity contribution in [2.24, 2.45) is 0 Å². The molecule has 1 atom stereocenters. The molecule has 2 nitrogen and oxygen atoms in total. The van der Waals surface area contributed by atoms with E-state index in [2.05, 4.69) is 4.98 Å². The molecule has 2 aromatic rings. The molecular formula is C14H13Cl2NO. The topological polar surface area (TPSA) is 33.1 Å². The number of hydrogen-bond acceptors (Lipinski definition) is 2. The van der Waals surface area contributed by atoms with Crippen molar-refractivity contribution < 1.29 is 5.11 Å². The van der Waals surface area contributed by atoms with Crippen molar-refractivity contribution in [2.75, 3.05) is 0 Å². The second-order valence-corrected chi connectivity index (χ2v) is 5.00. The third-order valence-corrected chi connectivity index (χ3v) is 3.29. The van der Waals surface area contributed by atoms with Crippen LogP contribution in [0.25, 0.3) is 0 Å². The van der Waals surface area contributed by atoms with Crippen molar-refractivity contribution >= 4 is 23.2 Å². The highest BCUT2D eigenvalue weighted by Gasteiger charge is 2.09. The van der Waals surface area contributed by atoms with Gasteiger partial charge in [0.1, 0.15) is 0 Å². The van der Waals surface area contributed by atoms with Gasteiger partial charge in [0.05, 0.1) is 11.1 Å². The summed E-state index contributed by atoms with van der Waals surface area (Å²) in [5.74, 6) is 0. The van der Waals surface area contributed by atoms with Crippen LogP contribution in [0, 0.1) is 0 Å². The quantitative estimate of drug-likeness (QED) is 0.930. The largest absolute Gasteiger partial charge is 0.392 e. The van der Waals surface area contributed by atoms with Crippen molar-refractivity contribution in [3.63, 3.8) is 0 Å². The van der Waals surface area contributed by atoms with Crippen LogP contribution in [0.2, 0.25) is 10.0 Å². The molecule has 0 saturated carbocycles. The lowest BCUT2D eigenvalue weighted by Crippen LogP contribution is -2.14. The Morgan fingerprint density at radius 3 is 2.44 bits per heavy atom. The zero-order valence-electron chi connectivity index (χ0n) is 9.68. The lowest BCUT2D eigenvalue weighted by atomic mass is 10.0. The van der Waals surface area contributed by atoms with Crippen molar-refractivity contribution in [3.8, 4) is 0 Å². The first-order valence-electron chi connectivity index (χ1n) is 5.66. The smallest absolute Gasteiger partial charge is 0.0622 e. The summed E-state index contributed by atoms with van der Waals surface area (Å²) in [6.07, 6.45) is 3.90. The van der Waals surface area contributed by atoms with Gasteiger partial charge in [0.2, 0.25) is 0 Å². The van der Waals surface area contributed by atoms with Crippen molar-refractivity contribution in [3.05, 3.63) is 63.9 Å². The van der Waals surface area contributed by atoms with Gasteiger partial charge < -0.3 is 5.11 Å². The molecule has 0 aliphatic heterocycles. The van der Waals surface area contributed by atoms with Gasteiger partial charge in [0, 0.05) is 23.8 Å².